The van der Waals surface area contributed by atoms with Gasteiger partial charge in [0.25, 0.3) is 15.9 Å². The topological polar surface area (TPSA) is 215 Å². The highest BCUT2D eigenvalue weighted by Gasteiger charge is 2.57. The standard InChI is InChI=1S/C32H42N5O4S.2CHF3O3S/c1-20(2)29-31-21(3)25(22(4)35(31)32(29)39)18-34-26-7-5-6-24-23(8-9-27(30(24)26)42(34,40)41)10-11-36-12-15-37(16-13-36,17-14-36)19-28(33)38;2*2-1(3,4)8(5,6)7/h5-9,20-21,29,31H,10-19H2,1-4H3,(H-,33,38);2*(H,5,6,7)/q+1;;/p-1/t21-,29+,31+,36?,37?;;/m0../s1. The molecule has 4 fully saturated rings. The zero-order chi connectivity index (χ0) is 43.8. The van der Waals surface area contributed by atoms with Gasteiger partial charge in [0.2, 0.25) is 5.91 Å². The molecule has 24 heteroatoms. The van der Waals surface area contributed by atoms with Crippen LogP contribution in [0.2, 0.25) is 0 Å². The minimum Gasteiger partial charge on any atom is -0.741 e. The van der Waals surface area contributed by atoms with Crippen molar-refractivity contribution in [3.63, 3.8) is 0 Å². The van der Waals surface area contributed by atoms with Crippen molar-refractivity contribution in [2.45, 2.75) is 56.1 Å². The maximum Gasteiger partial charge on any atom is 0.485 e. The first-order valence-electron chi connectivity index (χ1n) is 18.0. The molecule has 8 rings (SSSR count). The molecule has 2 amide bonds. The number of piperazine rings is 3. The van der Waals surface area contributed by atoms with E-state index < -0.39 is 41.3 Å². The number of nitrogens with zero attached hydrogens (tertiary/aromatic N) is 4. The Hall–Kier alpha value is -3.55. The number of primary amides is 1. The van der Waals surface area contributed by atoms with Crippen LogP contribution in [-0.4, -0.2) is 136 Å². The van der Waals surface area contributed by atoms with Crippen molar-refractivity contribution in [2.24, 2.45) is 23.5 Å². The number of fused-ring (bicyclic) bond motifs is 4. The Balaban J connectivity index is 0.000000339. The molecule has 2 N–H and O–H groups in total. The number of nitrogens with two attached hydrogens (primary N) is 1. The number of halogens is 6. The largest absolute Gasteiger partial charge is 0.741 e. The number of carbonyl (C=O) groups is 2. The van der Waals surface area contributed by atoms with E-state index in [1.54, 1.807) is 4.31 Å². The molecule has 3 atom stereocenters. The quantitative estimate of drug-likeness (QED) is 0.134. The maximum atomic E-state index is 14.0. The molecule has 6 aliphatic heterocycles. The lowest BCUT2D eigenvalue weighted by Crippen LogP contribution is -2.76. The van der Waals surface area contributed by atoms with Crippen molar-refractivity contribution in [3.8, 4) is 0 Å². The van der Waals surface area contributed by atoms with E-state index in [9.17, 15) is 44.3 Å². The zero-order valence-corrected chi connectivity index (χ0v) is 34.2. The van der Waals surface area contributed by atoms with Gasteiger partial charge in [0, 0.05) is 23.4 Å². The van der Waals surface area contributed by atoms with E-state index in [2.05, 4.69) is 26.8 Å². The van der Waals surface area contributed by atoms with E-state index in [0.29, 0.717) is 11.4 Å². The molecule has 0 unspecified atom stereocenters. The van der Waals surface area contributed by atoms with Gasteiger partial charge in [-0.1, -0.05) is 39.0 Å². The summed E-state index contributed by atoms with van der Waals surface area (Å²) in [4.78, 5) is 26.9. The van der Waals surface area contributed by atoms with Crippen LogP contribution in [0.3, 0.4) is 0 Å². The predicted molar refractivity (Wildman–Crippen MR) is 193 cm³/mol. The summed E-state index contributed by atoms with van der Waals surface area (Å²) in [5.74, 6) is 0.334. The molecule has 2 aromatic rings. The summed E-state index contributed by atoms with van der Waals surface area (Å²) >= 11 is 0. The number of allylic oxidation sites excluding steroid dienone is 1. The number of amides is 2. The molecule has 324 valence electrons. The second-order valence-electron chi connectivity index (χ2n) is 15.7. The monoisotopic (exact) mass is 891 g/mol. The van der Waals surface area contributed by atoms with Gasteiger partial charge in [-0.15, -0.1) is 0 Å². The van der Waals surface area contributed by atoms with Gasteiger partial charge >= 0.3 is 11.0 Å². The van der Waals surface area contributed by atoms with Crippen molar-refractivity contribution < 1.29 is 79.3 Å². The lowest BCUT2D eigenvalue weighted by Gasteiger charge is -2.55. The molecule has 0 spiro atoms. The number of alkyl halides is 6. The summed E-state index contributed by atoms with van der Waals surface area (Å²) in [7, 11) is -15.9. The summed E-state index contributed by atoms with van der Waals surface area (Å²) in [6.07, 6.45) is 0.882. The first-order valence-corrected chi connectivity index (χ1v) is 22.3. The number of quaternary nitrogens is 2. The average molecular weight is 892 g/mol. The molecule has 2 bridgehead atoms. The molecule has 6 aliphatic rings. The van der Waals surface area contributed by atoms with Crippen LogP contribution in [-0.2, 0) is 46.3 Å². The van der Waals surface area contributed by atoms with Crippen molar-refractivity contribution in [3.05, 3.63) is 47.2 Å². The molecule has 6 heterocycles. The third-order valence-electron chi connectivity index (χ3n) is 12.1. The lowest BCUT2D eigenvalue weighted by molar-refractivity contribution is -1.08. The molecule has 0 saturated carbocycles. The van der Waals surface area contributed by atoms with Crippen molar-refractivity contribution in [1.82, 2.24) is 4.90 Å². The summed E-state index contributed by atoms with van der Waals surface area (Å²) < 4.78 is 149. The van der Waals surface area contributed by atoms with E-state index in [-0.39, 0.29) is 42.2 Å². The number of rotatable bonds is 8. The summed E-state index contributed by atoms with van der Waals surface area (Å²) in [6, 6.07) is 9.93. The predicted octanol–water partition coefficient (Wildman–Crippen LogP) is 2.55. The van der Waals surface area contributed by atoms with E-state index in [4.69, 9.17) is 31.7 Å². The van der Waals surface area contributed by atoms with Crippen molar-refractivity contribution >= 4 is 58.5 Å². The Morgan fingerprint density at radius 3 is 1.88 bits per heavy atom. The number of benzene rings is 2. The summed E-state index contributed by atoms with van der Waals surface area (Å²) in [5.41, 5.74) is -1.84. The number of sulfonamides is 1. The molecular weight excluding hydrogens is 849 g/mol. The highest BCUT2D eigenvalue weighted by Crippen LogP contribution is 2.50. The Labute approximate surface area is 331 Å². The summed E-state index contributed by atoms with van der Waals surface area (Å²) in [6.45, 7) is 16.2. The molecular formula is C34H43F6N5O10S3. The van der Waals surface area contributed by atoms with E-state index >= 15 is 0 Å². The van der Waals surface area contributed by atoms with Gasteiger partial charge < -0.3 is 28.7 Å². The first-order chi connectivity index (χ1) is 26.4. The van der Waals surface area contributed by atoms with Gasteiger partial charge in [0.15, 0.2) is 26.8 Å². The Kier molecular flexibility index (Phi) is 11.9. The molecule has 58 heavy (non-hydrogen) atoms. The van der Waals surface area contributed by atoms with Crippen LogP contribution in [0, 0.1) is 17.8 Å². The second-order valence-corrected chi connectivity index (χ2v) is 20.3. The fraction of sp³-hybridized carbons (Fsp3) is 0.588. The SMILES string of the molecule is CC1=C(CN2c3cccc4c(CC[N+]56CC[N+](CC(N)=O)(CC5)CC6)ccc(c34)S2(=O)=O)[C@H](C)[C@@H]2[C@@H](C(C)C)C(=O)N12.O=S(=O)([O-])C(F)(F)F.O=S(=O)([O-])C(F)(F)F. The highest BCUT2D eigenvalue weighted by atomic mass is 32.2. The molecule has 0 aromatic heterocycles. The van der Waals surface area contributed by atoms with Gasteiger partial charge in [-0.3, -0.25) is 13.9 Å². The van der Waals surface area contributed by atoms with Gasteiger partial charge in [-0.2, -0.15) is 26.3 Å². The van der Waals surface area contributed by atoms with Gasteiger partial charge in [-0.25, -0.2) is 25.3 Å². The van der Waals surface area contributed by atoms with Crippen LogP contribution in [0.15, 0.2) is 46.5 Å². The van der Waals surface area contributed by atoms with E-state index in [0.717, 1.165) is 88.9 Å². The first kappa shape index (κ1) is 45.5. The highest BCUT2D eigenvalue weighted by molar-refractivity contribution is 7.93. The fourth-order valence-corrected chi connectivity index (χ4v) is 10.6. The van der Waals surface area contributed by atoms with Gasteiger partial charge in [-0.05, 0) is 41.5 Å². The third-order valence-corrected chi connectivity index (χ3v) is 15.0. The zero-order valence-electron chi connectivity index (χ0n) is 31.7. The van der Waals surface area contributed by atoms with Gasteiger partial charge in [0.05, 0.1) is 35.6 Å². The molecule has 0 radical (unpaired) electrons. The average Bonchev–Trinajstić information content (AvgIpc) is 3.42. The van der Waals surface area contributed by atoms with Crippen LogP contribution in [0.1, 0.15) is 33.3 Å². The second kappa shape index (κ2) is 15.2. The van der Waals surface area contributed by atoms with Crippen LogP contribution < -0.4 is 10.0 Å². The number of hydrogen-bond acceptors (Lipinski definition) is 10. The lowest BCUT2D eigenvalue weighted by atomic mass is 9.74. The molecule has 0 aliphatic carbocycles. The van der Waals surface area contributed by atoms with Crippen molar-refractivity contribution in [1.29, 1.82) is 0 Å². The van der Waals surface area contributed by atoms with E-state index in [1.165, 1.54) is 5.56 Å². The van der Waals surface area contributed by atoms with E-state index in [1.807, 2.05) is 36.1 Å². The number of carbonyl (C=O) groups excluding carboxylic acids is 2. The Morgan fingerprint density at radius 1 is 0.914 bits per heavy atom. The van der Waals surface area contributed by atoms with Crippen LogP contribution in [0.4, 0.5) is 32.0 Å². The minimum atomic E-state index is -6.09. The summed E-state index contributed by atoms with van der Waals surface area (Å²) in [5, 5.41) is 1.85. The smallest absolute Gasteiger partial charge is 0.485 e. The molecule has 15 nitrogen and oxygen atoms in total. The van der Waals surface area contributed by atoms with Crippen LogP contribution in [0.5, 0.6) is 0 Å². The third kappa shape index (κ3) is 8.29. The number of hydrogen-bond donors (Lipinski definition) is 1. The molecule has 4 saturated heterocycles. The Bertz CT molecular complexity index is 2300. The molecule has 2 aromatic carbocycles. The number of anilines is 1. The number of β-lactam (4-membered cyclic amide) rings is 1. The maximum absolute atomic E-state index is 14.0. The van der Waals surface area contributed by atoms with Crippen LogP contribution >= 0.6 is 0 Å². The van der Waals surface area contributed by atoms with Crippen LogP contribution in [0.25, 0.3) is 10.8 Å². The minimum absolute atomic E-state index is 0.00413. The van der Waals surface area contributed by atoms with Crippen molar-refractivity contribution in [2.75, 3.05) is 63.2 Å². The van der Waals surface area contributed by atoms with Gasteiger partial charge in [0.1, 0.15) is 39.3 Å². The normalized spacial score (nSPS) is 27.5. The Morgan fingerprint density at radius 2 is 1.41 bits per heavy atom. The fourth-order valence-electron chi connectivity index (χ4n) is 8.92.